The van der Waals surface area contributed by atoms with E-state index in [1.807, 2.05) is 0 Å². The molecule has 1 aliphatic heterocycles. The molecule has 0 unspecified atom stereocenters. The second-order valence-corrected chi connectivity index (χ2v) is 2.80. The average Bonchev–Trinajstić information content (AvgIpc) is 2.15. The number of hydroxylamine groups is 1. The highest BCUT2D eigenvalue weighted by atomic mass is 16.5. The Balaban J connectivity index is 2.86. The Morgan fingerprint density at radius 1 is 1.23 bits per heavy atom. The third-order valence-electron chi connectivity index (χ3n) is 1.95. The zero-order valence-electron chi connectivity index (χ0n) is 6.70. The van der Waals surface area contributed by atoms with Gasteiger partial charge in [-0.05, 0) is 0 Å². The summed E-state index contributed by atoms with van der Waals surface area (Å²) in [6, 6.07) is -0.937. The van der Waals surface area contributed by atoms with Crippen LogP contribution in [0.4, 0.5) is 0 Å². The van der Waals surface area contributed by atoms with E-state index in [-0.39, 0.29) is 5.84 Å². The van der Waals surface area contributed by atoms with Gasteiger partial charge in [-0.15, -0.1) is 0 Å². The minimum absolute atomic E-state index is 0.267. The van der Waals surface area contributed by atoms with Crippen LogP contribution in [-0.2, 0) is 0 Å². The van der Waals surface area contributed by atoms with Crippen LogP contribution in [0.1, 0.15) is 0 Å². The Morgan fingerprint density at radius 2 is 1.85 bits per heavy atom. The van der Waals surface area contributed by atoms with Gasteiger partial charge in [-0.2, -0.15) is 0 Å². The van der Waals surface area contributed by atoms with Gasteiger partial charge in [-0.3, -0.25) is 15.7 Å². The van der Waals surface area contributed by atoms with E-state index < -0.39 is 31.0 Å². The van der Waals surface area contributed by atoms with Crippen LogP contribution in [0.25, 0.3) is 0 Å². The molecule has 0 radical (unpaired) electrons. The predicted octanol–water partition coefficient (Wildman–Crippen LogP) is -3.18. The molecule has 7 heteroatoms. The third-order valence-corrected chi connectivity index (χ3v) is 1.95. The lowest BCUT2D eigenvalue weighted by atomic mass is 9.97. The molecule has 1 heterocycles. The summed E-state index contributed by atoms with van der Waals surface area (Å²) >= 11 is 0. The minimum atomic E-state index is -1.47. The molecule has 76 valence electrons. The molecule has 0 amide bonds. The van der Waals surface area contributed by atoms with E-state index in [1.54, 1.807) is 5.48 Å². The largest absolute Gasteiger partial charge is 0.394 e. The minimum Gasteiger partial charge on any atom is -0.394 e. The summed E-state index contributed by atoms with van der Waals surface area (Å²) in [5.41, 5.74) is 1.59. The van der Waals surface area contributed by atoms with Gasteiger partial charge in [0.15, 0.2) is 5.84 Å². The number of nitrogens with zero attached hydrogens (tertiary/aromatic N) is 1. The maximum Gasteiger partial charge on any atom is 0.153 e. The van der Waals surface area contributed by atoms with Crippen LogP contribution in [0.3, 0.4) is 0 Å². The molecule has 0 aromatic carbocycles. The van der Waals surface area contributed by atoms with Crippen LogP contribution in [0.5, 0.6) is 0 Å². The third kappa shape index (κ3) is 1.79. The Bertz CT molecular complexity index is 209. The van der Waals surface area contributed by atoms with Crippen LogP contribution in [0, 0.1) is 0 Å². The normalized spacial score (nSPS) is 39.9. The summed E-state index contributed by atoms with van der Waals surface area (Å²) in [5, 5.41) is 44.8. The first-order chi connectivity index (χ1) is 6.11. The molecule has 0 saturated heterocycles. The molecule has 6 N–H and O–H groups in total. The molecule has 0 fully saturated rings. The van der Waals surface area contributed by atoms with Crippen molar-refractivity contribution in [1.29, 1.82) is 0 Å². The lowest BCUT2D eigenvalue weighted by Gasteiger charge is -2.31. The molecule has 1 aliphatic rings. The summed E-state index contributed by atoms with van der Waals surface area (Å²) in [4.78, 5) is 3.58. The van der Waals surface area contributed by atoms with Gasteiger partial charge >= 0.3 is 0 Å². The lowest BCUT2D eigenvalue weighted by molar-refractivity contribution is -0.0622. The van der Waals surface area contributed by atoms with Crippen LogP contribution in [0.2, 0.25) is 0 Å². The fourth-order valence-corrected chi connectivity index (χ4v) is 1.15. The highest BCUT2D eigenvalue weighted by Gasteiger charge is 2.38. The fourth-order valence-electron chi connectivity index (χ4n) is 1.15. The maximum atomic E-state index is 9.23. The maximum absolute atomic E-state index is 9.23. The molecule has 0 bridgehead atoms. The molecule has 0 aromatic heterocycles. The Labute approximate surface area is 73.9 Å². The molecule has 13 heavy (non-hydrogen) atoms. The monoisotopic (exact) mass is 192 g/mol. The van der Waals surface area contributed by atoms with Crippen molar-refractivity contribution in [3.63, 3.8) is 0 Å². The van der Waals surface area contributed by atoms with Crippen molar-refractivity contribution in [2.45, 2.75) is 24.4 Å². The number of hydrogen-bond donors (Lipinski definition) is 6. The summed E-state index contributed by atoms with van der Waals surface area (Å²) in [6.07, 6.45) is -4.27. The van der Waals surface area contributed by atoms with Gasteiger partial charge in [-0.1, -0.05) is 0 Å². The summed E-state index contributed by atoms with van der Waals surface area (Å²) in [5.74, 6) is -0.267. The number of aliphatic imine (C=N–C) groups is 1. The van der Waals surface area contributed by atoms with Crippen molar-refractivity contribution in [3.05, 3.63) is 0 Å². The van der Waals surface area contributed by atoms with Crippen molar-refractivity contribution >= 4 is 5.84 Å². The van der Waals surface area contributed by atoms with Gasteiger partial charge in [-0.25, -0.2) is 0 Å². The molecular weight excluding hydrogens is 180 g/mol. The van der Waals surface area contributed by atoms with Crippen LogP contribution in [-0.4, -0.2) is 62.4 Å². The second kappa shape index (κ2) is 3.99. The van der Waals surface area contributed by atoms with Gasteiger partial charge in [0.1, 0.15) is 24.4 Å². The Morgan fingerprint density at radius 3 is 2.31 bits per heavy atom. The first kappa shape index (κ1) is 10.4. The number of amidine groups is 1. The SMILES string of the molecule is OC[C@H]1N=C(NO)[C@@H](O)[C@@H](O)[C@@H]1O. The molecule has 0 spiro atoms. The van der Waals surface area contributed by atoms with Crippen molar-refractivity contribution in [2.24, 2.45) is 4.99 Å². The van der Waals surface area contributed by atoms with E-state index >= 15 is 0 Å². The Hall–Kier alpha value is -0.730. The average molecular weight is 192 g/mol. The number of hydrogen-bond acceptors (Lipinski definition) is 7. The zero-order valence-corrected chi connectivity index (χ0v) is 6.70. The van der Waals surface area contributed by atoms with Crippen molar-refractivity contribution < 1.29 is 25.6 Å². The number of aliphatic hydroxyl groups excluding tert-OH is 4. The van der Waals surface area contributed by atoms with Gasteiger partial charge in [0.25, 0.3) is 0 Å². The second-order valence-electron chi connectivity index (χ2n) is 2.80. The van der Waals surface area contributed by atoms with E-state index in [9.17, 15) is 15.3 Å². The predicted molar refractivity (Wildman–Crippen MR) is 41.3 cm³/mol. The topological polar surface area (TPSA) is 126 Å². The van der Waals surface area contributed by atoms with E-state index in [2.05, 4.69) is 4.99 Å². The highest BCUT2D eigenvalue weighted by molar-refractivity contribution is 5.87. The number of nitrogens with one attached hydrogen (secondary N) is 1. The molecule has 0 aromatic rings. The van der Waals surface area contributed by atoms with Gasteiger partial charge in [0, 0.05) is 0 Å². The van der Waals surface area contributed by atoms with Gasteiger partial charge in [0.05, 0.1) is 6.61 Å². The van der Waals surface area contributed by atoms with E-state index in [0.717, 1.165) is 0 Å². The van der Waals surface area contributed by atoms with Crippen molar-refractivity contribution in [1.82, 2.24) is 5.48 Å². The molecule has 0 saturated carbocycles. The van der Waals surface area contributed by atoms with E-state index in [4.69, 9.17) is 10.3 Å². The summed E-state index contributed by atoms with van der Waals surface area (Å²) in [6.45, 7) is -0.476. The summed E-state index contributed by atoms with van der Waals surface area (Å²) < 4.78 is 0. The van der Waals surface area contributed by atoms with Gasteiger partial charge in [0.2, 0.25) is 0 Å². The quantitative estimate of drug-likeness (QED) is 0.243. The van der Waals surface area contributed by atoms with Crippen molar-refractivity contribution in [2.75, 3.05) is 6.61 Å². The van der Waals surface area contributed by atoms with E-state index in [1.165, 1.54) is 0 Å². The number of rotatable bonds is 1. The smallest absolute Gasteiger partial charge is 0.153 e. The molecular formula is C6H12N2O5. The van der Waals surface area contributed by atoms with Crippen LogP contribution in [0.15, 0.2) is 4.99 Å². The fraction of sp³-hybridized carbons (Fsp3) is 0.833. The van der Waals surface area contributed by atoms with Crippen molar-refractivity contribution in [3.8, 4) is 0 Å². The molecule has 0 aliphatic carbocycles. The molecule has 4 atom stereocenters. The van der Waals surface area contributed by atoms with Gasteiger partial charge < -0.3 is 20.4 Å². The van der Waals surface area contributed by atoms with Crippen LogP contribution >= 0.6 is 0 Å². The summed E-state index contributed by atoms with van der Waals surface area (Å²) in [7, 11) is 0. The first-order valence-corrected chi connectivity index (χ1v) is 3.74. The number of aliphatic hydroxyl groups is 4. The lowest BCUT2D eigenvalue weighted by Crippen LogP contribution is -2.55. The zero-order chi connectivity index (χ0) is 10.0. The standard InChI is InChI=1S/C6H12N2O5/c9-1-2-3(10)4(11)5(12)6(7-2)8-13/h2-5,9-13H,1H2,(H,7,8)/t2-,3-,4+,5+/m1/s1. The Kier molecular flexibility index (Phi) is 3.17. The molecule has 1 rings (SSSR count). The highest BCUT2D eigenvalue weighted by Crippen LogP contribution is 2.14. The molecule has 7 nitrogen and oxygen atoms in total. The first-order valence-electron chi connectivity index (χ1n) is 3.74. The van der Waals surface area contributed by atoms with E-state index in [0.29, 0.717) is 0 Å². The van der Waals surface area contributed by atoms with Crippen LogP contribution < -0.4 is 5.48 Å².